The van der Waals surface area contributed by atoms with E-state index in [0.717, 1.165) is 29.7 Å². The van der Waals surface area contributed by atoms with Crippen LogP contribution in [0.15, 0.2) is 18.5 Å². The highest BCUT2D eigenvalue weighted by Crippen LogP contribution is 2.35. The van der Waals surface area contributed by atoms with Gasteiger partial charge in [-0.05, 0) is 18.6 Å². The molecule has 1 aromatic carbocycles. The maximum Gasteiger partial charge on any atom is 0.187 e. The lowest BCUT2D eigenvalue weighted by atomic mass is 10.2. The lowest BCUT2D eigenvalue weighted by Crippen LogP contribution is -2.03. The Balaban J connectivity index is 2.57. The molecule has 0 saturated carbocycles. The number of hydrogen-bond acceptors (Lipinski definition) is 5. The third-order valence-electron chi connectivity index (χ3n) is 2.69. The molecule has 1 heterocycles. The molecule has 5 heteroatoms. The van der Waals surface area contributed by atoms with E-state index in [1.807, 2.05) is 12.1 Å². The predicted octanol–water partition coefficient (Wildman–Crippen LogP) is 2.47. The second-order valence-electron chi connectivity index (χ2n) is 3.85. The molecule has 0 amide bonds. The van der Waals surface area contributed by atoms with Crippen LogP contribution in [-0.2, 0) is 0 Å². The van der Waals surface area contributed by atoms with Gasteiger partial charge in [0.15, 0.2) is 11.5 Å². The van der Waals surface area contributed by atoms with Gasteiger partial charge >= 0.3 is 0 Å². The lowest BCUT2D eigenvalue weighted by molar-refractivity contribution is 0.358. The fourth-order valence-electron chi connectivity index (χ4n) is 1.83. The van der Waals surface area contributed by atoms with E-state index in [2.05, 4.69) is 22.2 Å². The van der Waals surface area contributed by atoms with Crippen molar-refractivity contribution in [3.8, 4) is 11.5 Å². The Morgan fingerprint density at radius 1 is 1.17 bits per heavy atom. The van der Waals surface area contributed by atoms with Gasteiger partial charge in [-0.15, -0.1) is 0 Å². The highest BCUT2D eigenvalue weighted by Gasteiger charge is 2.12. The summed E-state index contributed by atoms with van der Waals surface area (Å²) in [7, 11) is 3.22. The number of rotatable bonds is 5. The fraction of sp³-hybridized carbons (Fsp3) is 0.385. The second-order valence-corrected chi connectivity index (χ2v) is 3.85. The first kappa shape index (κ1) is 12.4. The minimum Gasteiger partial charge on any atom is -0.493 e. The first-order valence-corrected chi connectivity index (χ1v) is 5.91. The van der Waals surface area contributed by atoms with Gasteiger partial charge in [0.25, 0.3) is 0 Å². The minimum atomic E-state index is 0.636. The minimum absolute atomic E-state index is 0.636. The molecule has 0 unspecified atom stereocenters. The van der Waals surface area contributed by atoms with Crippen molar-refractivity contribution in [1.82, 2.24) is 9.97 Å². The molecule has 0 aliphatic carbocycles. The number of anilines is 1. The maximum atomic E-state index is 5.37. The zero-order valence-electron chi connectivity index (χ0n) is 10.9. The first-order chi connectivity index (χ1) is 8.81. The van der Waals surface area contributed by atoms with Crippen LogP contribution >= 0.6 is 0 Å². The average molecular weight is 247 g/mol. The standard InChI is InChI=1S/C13H17N3O2/c1-4-7-14-13-9-5-6-10(17-2)12(18-3)11(9)15-8-16-13/h5-6,8H,4,7H2,1-3H3,(H,14,15,16). The smallest absolute Gasteiger partial charge is 0.187 e. The van der Waals surface area contributed by atoms with Crippen LogP contribution in [0.25, 0.3) is 10.9 Å². The van der Waals surface area contributed by atoms with Crippen LogP contribution < -0.4 is 14.8 Å². The van der Waals surface area contributed by atoms with Gasteiger partial charge in [0.05, 0.1) is 14.2 Å². The van der Waals surface area contributed by atoms with E-state index >= 15 is 0 Å². The highest BCUT2D eigenvalue weighted by molar-refractivity contribution is 5.94. The predicted molar refractivity (Wildman–Crippen MR) is 71.4 cm³/mol. The number of ether oxygens (including phenoxy) is 2. The molecular weight excluding hydrogens is 230 g/mol. The van der Waals surface area contributed by atoms with E-state index in [0.29, 0.717) is 11.5 Å². The van der Waals surface area contributed by atoms with Crippen molar-refractivity contribution in [2.24, 2.45) is 0 Å². The zero-order chi connectivity index (χ0) is 13.0. The van der Waals surface area contributed by atoms with Crippen molar-refractivity contribution in [2.45, 2.75) is 13.3 Å². The summed E-state index contributed by atoms with van der Waals surface area (Å²) in [4.78, 5) is 8.53. The van der Waals surface area contributed by atoms with Crippen molar-refractivity contribution in [2.75, 3.05) is 26.1 Å². The molecule has 2 aromatic rings. The SMILES string of the molecule is CCCNc1ncnc2c(OC)c(OC)ccc12. The molecule has 0 spiro atoms. The lowest BCUT2D eigenvalue weighted by Gasteiger charge is -2.12. The molecule has 96 valence electrons. The van der Waals surface area contributed by atoms with E-state index in [9.17, 15) is 0 Å². The number of nitrogens with one attached hydrogen (secondary N) is 1. The average Bonchev–Trinajstić information content (AvgIpc) is 2.43. The normalized spacial score (nSPS) is 10.4. The number of methoxy groups -OCH3 is 2. The Bertz CT molecular complexity index is 543. The van der Waals surface area contributed by atoms with E-state index in [-0.39, 0.29) is 0 Å². The summed E-state index contributed by atoms with van der Waals surface area (Å²) in [5.41, 5.74) is 0.755. The molecule has 5 nitrogen and oxygen atoms in total. The Morgan fingerprint density at radius 3 is 2.67 bits per heavy atom. The highest BCUT2D eigenvalue weighted by atomic mass is 16.5. The van der Waals surface area contributed by atoms with Crippen LogP contribution in [0, 0.1) is 0 Å². The molecule has 0 aliphatic rings. The van der Waals surface area contributed by atoms with Crippen LogP contribution in [-0.4, -0.2) is 30.7 Å². The number of nitrogens with zero attached hydrogens (tertiary/aromatic N) is 2. The Kier molecular flexibility index (Phi) is 3.82. The summed E-state index contributed by atoms with van der Waals surface area (Å²) in [6.45, 7) is 2.99. The molecule has 0 radical (unpaired) electrons. The van der Waals surface area contributed by atoms with Crippen molar-refractivity contribution < 1.29 is 9.47 Å². The van der Waals surface area contributed by atoms with Crippen LogP contribution in [0.2, 0.25) is 0 Å². The van der Waals surface area contributed by atoms with E-state index in [4.69, 9.17) is 9.47 Å². The van der Waals surface area contributed by atoms with Gasteiger partial charge in [-0.1, -0.05) is 6.92 Å². The van der Waals surface area contributed by atoms with Gasteiger partial charge in [0.2, 0.25) is 0 Å². The molecule has 0 bridgehead atoms. The maximum absolute atomic E-state index is 5.37. The van der Waals surface area contributed by atoms with E-state index < -0.39 is 0 Å². The number of benzene rings is 1. The van der Waals surface area contributed by atoms with Crippen molar-refractivity contribution in [3.63, 3.8) is 0 Å². The Labute approximate surface area is 106 Å². The third kappa shape index (κ3) is 2.16. The van der Waals surface area contributed by atoms with Gasteiger partial charge in [0, 0.05) is 11.9 Å². The summed E-state index contributed by atoms with van der Waals surface area (Å²) in [6.07, 6.45) is 2.57. The number of hydrogen-bond donors (Lipinski definition) is 1. The van der Waals surface area contributed by atoms with E-state index in [1.54, 1.807) is 14.2 Å². The monoisotopic (exact) mass is 247 g/mol. The topological polar surface area (TPSA) is 56.3 Å². The first-order valence-electron chi connectivity index (χ1n) is 5.91. The molecular formula is C13H17N3O2. The summed E-state index contributed by atoms with van der Waals surface area (Å²) in [5.74, 6) is 2.13. The van der Waals surface area contributed by atoms with Crippen molar-refractivity contribution >= 4 is 16.7 Å². The number of aromatic nitrogens is 2. The molecule has 0 saturated heterocycles. The molecule has 1 aromatic heterocycles. The summed E-state index contributed by atoms with van der Waals surface area (Å²) in [6, 6.07) is 3.80. The van der Waals surface area contributed by atoms with Gasteiger partial charge in [-0.25, -0.2) is 9.97 Å². The summed E-state index contributed by atoms with van der Waals surface area (Å²) in [5, 5.41) is 4.21. The molecule has 0 atom stereocenters. The quantitative estimate of drug-likeness (QED) is 0.879. The van der Waals surface area contributed by atoms with Crippen LogP contribution in [0.3, 0.4) is 0 Å². The van der Waals surface area contributed by atoms with Gasteiger partial charge in [-0.3, -0.25) is 0 Å². The number of fused-ring (bicyclic) bond motifs is 1. The zero-order valence-corrected chi connectivity index (χ0v) is 10.9. The van der Waals surface area contributed by atoms with Gasteiger partial charge in [0.1, 0.15) is 17.7 Å². The van der Waals surface area contributed by atoms with Crippen LogP contribution in [0.5, 0.6) is 11.5 Å². The Morgan fingerprint density at radius 2 is 2.00 bits per heavy atom. The molecule has 1 N–H and O–H groups in total. The molecule has 18 heavy (non-hydrogen) atoms. The largest absolute Gasteiger partial charge is 0.493 e. The van der Waals surface area contributed by atoms with Gasteiger partial charge in [-0.2, -0.15) is 0 Å². The van der Waals surface area contributed by atoms with Crippen molar-refractivity contribution in [1.29, 1.82) is 0 Å². The van der Waals surface area contributed by atoms with Crippen LogP contribution in [0.4, 0.5) is 5.82 Å². The van der Waals surface area contributed by atoms with Crippen molar-refractivity contribution in [3.05, 3.63) is 18.5 Å². The molecule has 0 aliphatic heterocycles. The van der Waals surface area contributed by atoms with Crippen LogP contribution in [0.1, 0.15) is 13.3 Å². The summed E-state index contributed by atoms with van der Waals surface area (Å²) >= 11 is 0. The second kappa shape index (κ2) is 5.53. The third-order valence-corrected chi connectivity index (χ3v) is 2.69. The summed E-state index contributed by atoms with van der Waals surface area (Å²) < 4.78 is 10.6. The molecule has 2 rings (SSSR count). The van der Waals surface area contributed by atoms with E-state index in [1.165, 1.54) is 6.33 Å². The fourth-order valence-corrected chi connectivity index (χ4v) is 1.83. The molecule has 0 fully saturated rings. The Hall–Kier alpha value is -2.04. The van der Waals surface area contributed by atoms with Gasteiger partial charge < -0.3 is 14.8 Å².